The van der Waals surface area contributed by atoms with Gasteiger partial charge in [0.15, 0.2) is 0 Å². The second-order valence-electron chi connectivity index (χ2n) is 5.34. The molecule has 0 fully saturated rings. The van der Waals surface area contributed by atoms with Gasteiger partial charge in [-0.3, -0.25) is 9.69 Å². The summed E-state index contributed by atoms with van der Waals surface area (Å²) < 4.78 is 0. The second-order valence-corrected chi connectivity index (χ2v) is 5.34. The smallest absolute Gasteiger partial charge is 0.228 e. The third kappa shape index (κ3) is 2.89. The molecule has 0 atom stereocenters. The molecular weight excluding hydrogens is 272 g/mol. The van der Waals surface area contributed by atoms with Crippen LogP contribution in [0.2, 0.25) is 0 Å². The van der Waals surface area contributed by atoms with Gasteiger partial charge in [-0.25, -0.2) is 0 Å². The standard InChI is InChI=1S/C16H20N2O.ClH/c1-2-8-18-9-6-12(7-10-18)13-4-3-5-15-14(13)11-16(19)17-15;/h3-6H,2,7-11H2,1H3,(H,17,19);1H. The Labute approximate surface area is 126 Å². The maximum atomic E-state index is 11.5. The summed E-state index contributed by atoms with van der Waals surface area (Å²) in [5.41, 5.74) is 4.86. The average molecular weight is 293 g/mol. The van der Waals surface area contributed by atoms with E-state index in [1.165, 1.54) is 29.7 Å². The molecule has 0 aliphatic carbocycles. The molecule has 3 nitrogen and oxygen atoms in total. The fraction of sp³-hybridized carbons (Fsp3) is 0.438. The molecule has 2 heterocycles. The molecule has 1 N–H and O–H groups in total. The highest BCUT2D eigenvalue weighted by Crippen LogP contribution is 2.33. The molecule has 0 saturated carbocycles. The fourth-order valence-electron chi connectivity index (χ4n) is 3.03. The second kappa shape index (κ2) is 6.42. The number of nitrogens with one attached hydrogen (secondary N) is 1. The van der Waals surface area contributed by atoms with Gasteiger partial charge in [-0.05, 0) is 42.2 Å². The number of nitrogens with zero attached hydrogens (tertiary/aromatic N) is 1. The lowest BCUT2D eigenvalue weighted by atomic mass is 9.93. The maximum absolute atomic E-state index is 11.5. The van der Waals surface area contributed by atoms with Crippen LogP contribution in [0, 0.1) is 0 Å². The lowest BCUT2D eigenvalue weighted by Gasteiger charge is -2.26. The number of carbonyl (C=O) groups is 1. The zero-order valence-electron chi connectivity index (χ0n) is 11.8. The first-order valence-corrected chi connectivity index (χ1v) is 7.11. The van der Waals surface area contributed by atoms with Crippen LogP contribution in [0.1, 0.15) is 30.9 Å². The number of hydrogen-bond donors (Lipinski definition) is 1. The Bertz CT molecular complexity index is 539. The molecule has 20 heavy (non-hydrogen) atoms. The van der Waals surface area contributed by atoms with E-state index >= 15 is 0 Å². The van der Waals surface area contributed by atoms with E-state index in [1.54, 1.807) is 0 Å². The van der Waals surface area contributed by atoms with Gasteiger partial charge in [0.05, 0.1) is 6.42 Å². The number of anilines is 1. The summed E-state index contributed by atoms with van der Waals surface area (Å²) in [7, 11) is 0. The molecule has 4 heteroatoms. The van der Waals surface area contributed by atoms with E-state index < -0.39 is 0 Å². The molecule has 1 amide bonds. The number of carbonyl (C=O) groups excluding carboxylic acids is 1. The summed E-state index contributed by atoms with van der Waals surface area (Å²) in [4.78, 5) is 14.0. The van der Waals surface area contributed by atoms with E-state index in [0.29, 0.717) is 6.42 Å². The summed E-state index contributed by atoms with van der Waals surface area (Å²) in [6, 6.07) is 6.19. The van der Waals surface area contributed by atoms with Crippen molar-refractivity contribution in [3.05, 3.63) is 35.4 Å². The van der Waals surface area contributed by atoms with Crippen molar-refractivity contribution >= 4 is 29.6 Å². The van der Waals surface area contributed by atoms with E-state index in [1.807, 2.05) is 12.1 Å². The highest BCUT2D eigenvalue weighted by Gasteiger charge is 2.23. The highest BCUT2D eigenvalue weighted by molar-refractivity contribution is 6.01. The Morgan fingerprint density at radius 2 is 2.20 bits per heavy atom. The van der Waals surface area contributed by atoms with Crippen LogP contribution in [-0.2, 0) is 11.2 Å². The molecule has 0 unspecified atom stereocenters. The molecule has 0 spiro atoms. The van der Waals surface area contributed by atoms with Crippen LogP contribution in [0.5, 0.6) is 0 Å². The molecule has 0 bridgehead atoms. The Morgan fingerprint density at radius 1 is 1.35 bits per heavy atom. The molecule has 2 aliphatic heterocycles. The monoisotopic (exact) mass is 292 g/mol. The first-order chi connectivity index (χ1) is 9.28. The van der Waals surface area contributed by atoms with Gasteiger partial charge in [0.2, 0.25) is 5.91 Å². The summed E-state index contributed by atoms with van der Waals surface area (Å²) >= 11 is 0. The minimum atomic E-state index is 0. The van der Waals surface area contributed by atoms with E-state index in [2.05, 4.69) is 29.3 Å². The van der Waals surface area contributed by atoms with E-state index in [-0.39, 0.29) is 18.3 Å². The molecule has 0 radical (unpaired) electrons. The van der Waals surface area contributed by atoms with Gasteiger partial charge >= 0.3 is 0 Å². The topological polar surface area (TPSA) is 32.3 Å². The van der Waals surface area contributed by atoms with Crippen LogP contribution in [-0.4, -0.2) is 30.4 Å². The number of rotatable bonds is 3. The normalized spacial score (nSPS) is 18.1. The van der Waals surface area contributed by atoms with Crippen molar-refractivity contribution in [2.24, 2.45) is 0 Å². The van der Waals surface area contributed by atoms with Crippen LogP contribution < -0.4 is 5.32 Å². The number of hydrogen-bond acceptors (Lipinski definition) is 2. The summed E-state index contributed by atoms with van der Waals surface area (Å²) in [5.74, 6) is 0.117. The fourth-order valence-corrected chi connectivity index (χ4v) is 3.03. The van der Waals surface area contributed by atoms with Crippen LogP contribution >= 0.6 is 12.4 Å². The average Bonchev–Trinajstić information content (AvgIpc) is 2.80. The van der Waals surface area contributed by atoms with Gasteiger partial charge in [0.1, 0.15) is 0 Å². The van der Waals surface area contributed by atoms with Crippen LogP contribution in [0.15, 0.2) is 24.3 Å². The van der Waals surface area contributed by atoms with Crippen molar-refractivity contribution in [1.82, 2.24) is 4.90 Å². The van der Waals surface area contributed by atoms with Gasteiger partial charge in [0, 0.05) is 18.8 Å². The molecule has 0 aromatic heterocycles. The Hall–Kier alpha value is -1.32. The molecule has 1 aromatic rings. The Kier molecular flexibility index (Phi) is 4.84. The molecular formula is C16H21ClN2O. The predicted octanol–water partition coefficient (Wildman–Crippen LogP) is 3.10. The van der Waals surface area contributed by atoms with E-state index in [4.69, 9.17) is 0 Å². The lowest BCUT2D eigenvalue weighted by Crippen LogP contribution is -2.29. The van der Waals surface area contributed by atoms with Crippen LogP contribution in [0.3, 0.4) is 0 Å². The Balaban J connectivity index is 0.00000147. The number of fused-ring (bicyclic) bond motifs is 1. The van der Waals surface area contributed by atoms with Crippen LogP contribution in [0.25, 0.3) is 5.57 Å². The minimum absolute atomic E-state index is 0. The SMILES string of the molecule is CCCN1CC=C(c2cccc3c2CC(=O)N3)CC1.Cl. The first kappa shape index (κ1) is 15.1. The van der Waals surface area contributed by atoms with E-state index in [9.17, 15) is 4.79 Å². The van der Waals surface area contributed by atoms with Crippen molar-refractivity contribution in [2.75, 3.05) is 25.0 Å². The third-order valence-corrected chi connectivity index (χ3v) is 3.97. The quantitative estimate of drug-likeness (QED) is 0.928. The minimum Gasteiger partial charge on any atom is -0.326 e. The van der Waals surface area contributed by atoms with Gasteiger partial charge in [-0.1, -0.05) is 25.1 Å². The largest absolute Gasteiger partial charge is 0.326 e. The Morgan fingerprint density at radius 3 is 2.90 bits per heavy atom. The number of benzene rings is 1. The van der Waals surface area contributed by atoms with Crippen molar-refractivity contribution in [2.45, 2.75) is 26.2 Å². The van der Waals surface area contributed by atoms with Gasteiger partial charge in [0.25, 0.3) is 0 Å². The molecule has 108 valence electrons. The maximum Gasteiger partial charge on any atom is 0.228 e. The van der Waals surface area contributed by atoms with Crippen molar-refractivity contribution < 1.29 is 4.79 Å². The molecule has 1 aromatic carbocycles. The zero-order chi connectivity index (χ0) is 13.2. The summed E-state index contributed by atoms with van der Waals surface area (Å²) in [6.07, 6.45) is 5.16. The van der Waals surface area contributed by atoms with Gasteiger partial charge in [-0.2, -0.15) is 0 Å². The number of amides is 1. The summed E-state index contributed by atoms with van der Waals surface area (Å²) in [6.45, 7) is 5.57. The molecule has 0 saturated heterocycles. The molecule has 3 rings (SSSR count). The van der Waals surface area contributed by atoms with Crippen LogP contribution in [0.4, 0.5) is 5.69 Å². The van der Waals surface area contributed by atoms with Crippen molar-refractivity contribution in [3.63, 3.8) is 0 Å². The summed E-state index contributed by atoms with van der Waals surface area (Å²) in [5, 5.41) is 2.93. The van der Waals surface area contributed by atoms with Crippen molar-refractivity contribution in [1.29, 1.82) is 0 Å². The molecule has 2 aliphatic rings. The predicted molar refractivity (Wildman–Crippen MR) is 85.3 cm³/mol. The van der Waals surface area contributed by atoms with E-state index in [0.717, 1.165) is 25.2 Å². The van der Waals surface area contributed by atoms with Gasteiger partial charge < -0.3 is 5.32 Å². The zero-order valence-corrected chi connectivity index (χ0v) is 12.6. The highest BCUT2D eigenvalue weighted by atomic mass is 35.5. The number of halogens is 1. The first-order valence-electron chi connectivity index (χ1n) is 7.11. The van der Waals surface area contributed by atoms with Gasteiger partial charge in [-0.15, -0.1) is 12.4 Å². The third-order valence-electron chi connectivity index (χ3n) is 3.97. The lowest BCUT2D eigenvalue weighted by molar-refractivity contribution is -0.115. The van der Waals surface area contributed by atoms with Crippen molar-refractivity contribution in [3.8, 4) is 0 Å².